The van der Waals surface area contributed by atoms with Crippen molar-refractivity contribution in [2.45, 2.75) is 25.9 Å². The van der Waals surface area contributed by atoms with Gasteiger partial charge in [0.15, 0.2) is 5.65 Å². The molecule has 2 aromatic heterocycles. The smallest absolute Gasteiger partial charge is 0.229 e. The maximum absolute atomic E-state index is 13.8. The van der Waals surface area contributed by atoms with Crippen LogP contribution >= 0.6 is 0 Å². The highest BCUT2D eigenvalue weighted by atomic mass is 19.1. The summed E-state index contributed by atoms with van der Waals surface area (Å²) in [6.45, 7) is 8.15. The molecule has 0 aliphatic carbocycles. The van der Waals surface area contributed by atoms with E-state index in [1.54, 1.807) is 6.07 Å². The van der Waals surface area contributed by atoms with Crippen LogP contribution in [-0.2, 0) is 9.47 Å². The third-order valence-corrected chi connectivity index (χ3v) is 6.17. The summed E-state index contributed by atoms with van der Waals surface area (Å²) < 4.78 is 25.1. The molecule has 0 spiro atoms. The molecule has 0 radical (unpaired) electrons. The molecule has 33 heavy (non-hydrogen) atoms. The van der Waals surface area contributed by atoms with Crippen molar-refractivity contribution in [2.24, 2.45) is 0 Å². The Balaban J connectivity index is 1.66. The average molecular weight is 449 g/mol. The van der Waals surface area contributed by atoms with Crippen molar-refractivity contribution < 1.29 is 13.9 Å². The first-order chi connectivity index (χ1) is 16.0. The van der Waals surface area contributed by atoms with Crippen LogP contribution in [0.4, 0.5) is 16.2 Å². The number of ether oxygens (including phenoxy) is 2. The zero-order valence-corrected chi connectivity index (χ0v) is 18.7. The van der Waals surface area contributed by atoms with Crippen molar-refractivity contribution >= 4 is 22.8 Å². The molecule has 0 saturated carbocycles. The number of hydrogen-bond acceptors (Lipinski definition) is 8. The lowest BCUT2D eigenvalue weighted by molar-refractivity contribution is 0.0973. The van der Waals surface area contributed by atoms with Crippen LogP contribution < -0.4 is 9.80 Å². The van der Waals surface area contributed by atoms with E-state index in [1.165, 1.54) is 12.1 Å². The second-order valence-electron chi connectivity index (χ2n) is 8.46. The number of morpholine rings is 2. The predicted molar refractivity (Wildman–Crippen MR) is 123 cm³/mol. The van der Waals surface area contributed by atoms with Crippen molar-refractivity contribution in [3.05, 3.63) is 41.7 Å². The highest BCUT2D eigenvalue weighted by Gasteiger charge is 2.27. The third-order valence-electron chi connectivity index (χ3n) is 6.17. The molecule has 2 aliphatic rings. The number of nitrogens with zero attached hydrogens (tertiary/aromatic N) is 6. The van der Waals surface area contributed by atoms with Crippen molar-refractivity contribution in [3.8, 4) is 17.3 Å². The Hall–Kier alpha value is -3.35. The van der Waals surface area contributed by atoms with Crippen molar-refractivity contribution in [1.82, 2.24) is 15.0 Å². The zero-order valence-electron chi connectivity index (χ0n) is 18.7. The van der Waals surface area contributed by atoms with Crippen LogP contribution in [0, 0.1) is 17.1 Å². The van der Waals surface area contributed by atoms with Gasteiger partial charge in [0.25, 0.3) is 0 Å². The lowest BCUT2D eigenvalue weighted by atomic mass is 10.1. The Bertz CT molecular complexity index is 1230. The van der Waals surface area contributed by atoms with Crippen molar-refractivity contribution in [3.63, 3.8) is 0 Å². The first-order valence-corrected chi connectivity index (χ1v) is 11.1. The molecule has 9 heteroatoms. The number of rotatable bonds is 3. The van der Waals surface area contributed by atoms with Gasteiger partial charge in [-0.15, -0.1) is 0 Å². The van der Waals surface area contributed by atoms with Crippen LogP contribution in [0.3, 0.4) is 0 Å². The summed E-state index contributed by atoms with van der Waals surface area (Å²) in [6, 6.07) is 10.5. The van der Waals surface area contributed by atoms with Crippen LogP contribution in [0.15, 0.2) is 30.3 Å². The van der Waals surface area contributed by atoms with Gasteiger partial charge in [0, 0.05) is 18.7 Å². The number of pyridine rings is 1. The Morgan fingerprint density at radius 1 is 0.970 bits per heavy atom. The van der Waals surface area contributed by atoms with Gasteiger partial charge >= 0.3 is 0 Å². The second kappa shape index (κ2) is 8.89. The molecule has 2 saturated heterocycles. The van der Waals surface area contributed by atoms with Crippen molar-refractivity contribution in [2.75, 3.05) is 49.3 Å². The van der Waals surface area contributed by atoms with E-state index in [0.29, 0.717) is 55.8 Å². The van der Waals surface area contributed by atoms with Gasteiger partial charge in [0.05, 0.1) is 55.2 Å². The van der Waals surface area contributed by atoms with Gasteiger partial charge in [-0.3, -0.25) is 0 Å². The first kappa shape index (κ1) is 21.5. The minimum absolute atomic E-state index is 0.0113. The lowest BCUT2D eigenvalue weighted by Gasteiger charge is -2.37. The number of nitriles is 1. The number of halogens is 1. The van der Waals surface area contributed by atoms with E-state index in [-0.39, 0.29) is 17.6 Å². The molecule has 8 nitrogen and oxygen atoms in total. The fraction of sp³-hybridized carbons (Fsp3) is 0.417. The second-order valence-corrected chi connectivity index (χ2v) is 8.46. The summed E-state index contributed by atoms with van der Waals surface area (Å²) in [5.74, 6) is 0.908. The molecular weight excluding hydrogens is 423 g/mol. The van der Waals surface area contributed by atoms with Crippen LogP contribution in [0.25, 0.3) is 22.3 Å². The maximum Gasteiger partial charge on any atom is 0.229 e. The standard InChI is InChI=1S/C24H25FN6O2/c1-15-13-32-9-7-30(15)23-19-4-6-21(17-3-5-20(25)18(11-17)12-26)27-22(19)28-24(29-23)31-8-10-33-14-16(31)2/h3-6,11,15-16H,7-10,13-14H2,1-2H3. The zero-order chi connectivity index (χ0) is 22.9. The van der Waals surface area contributed by atoms with Gasteiger partial charge in [-0.25, -0.2) is 9.37 Å². The SMILES string of the molecule is CC1COCCN1c1nc(N2CCOCC2C)c2ccc(-c3ccc(F)c(C#N)c3)nc2n1. The molecule has 0 N–H and O–H groups in total. The largest absolute Gasteiger partial charge is 0.377 e. The fourth-order valence-electron chi connectivity index (χ4n) is 4.33. The third kappa shape index (κ3) is 4.08. The Morgan fingerprint density at radius 2 is 1.70 bits per heavy atom. The molecule has 170 valence electrons. The summed E-state index contributed by atoms with van der Waals surface area (Å²) in [6.07, 6.45) is 0. The summed E-state index contributed by atoms with van der Waals surface area (Å²) in [7, 11) is 0. The predicted octanol–water partition coefficient (Wildman–Crippen LogP) is 3.15. The molecule has 0 bridgehead atoms. The molecule has 2 unspecified atom stereocenters. The highest BCUT2D eigenvalue weighted by Crippen LogP contribution is 2.31. The van der Waals surface area contributed by atoms with Crippen LogP contribution in [0.5, 0.6) is 0 Å². The van der Waals surface area contributed by atoms with E-state index < -0.39 is 5.82 Å². The lowest BCUT2D eigenvalue weighted by Crippen LogP contribution is -2.46. The number of benzene rings is 1. The normalized spacial score (nSPS) is 21.3. The van der Waals surface area contributed by atoms with E-state index >= 15 is 0 Å². The molecule has 2 aliphatic heterocycles. The number of fused-ring (bicyclic) bond motifs is 1. The summed E-state index contributed by atoms with van der Waals surface area (Å²) >= 11 is 0. The van der Waals surface area contributed by atoms with E-state index in [2.05, 4.69) is 23.6 Å². The Morgan fingerprint density at radius 3 is 2.39 bits per heavy atom. The fourth-order valence-corrected chi connectivity index (χ4v) is 4.33. The van der Waals surface area contributed by atoms with Gasteiger partial charge in [-0.1, -0.05) is 0 Å². The first-order valence-electron chi connectivity index (χ1n) is 11.1. The van der Waals surface area contributed by atoms with E-state index in [1.807, 2.05) is 18.2 Å². The Kier molecular flexibility index (Phi) is 5.79. The maximum atomic E-state index is 13.8. The number of aromatic nitrogens is 3. The Labute approximate surface area is 191 Å². The van der Waals surface area contributed by atoms with Gasteiger partial charge in [0.1, 0.15) is 17.7 Å². The minimum Gasteiger partial charge on any atom is -0.377 e. The summed E-state index contributed by atoms with van der Waals surface area (Å²) in [4.78, 5) is 19.0. The van der Waals surface area contributed by atoms with E-state index in [9.17, 15) is 9.65 Å². The quantitative estimate of drug-likeness (QED) is 0.604. The van der Waals surface area contributed by atoms with E-state index in [4.69, 9.17) is 24.4 Å². The molecule has 2 fully saturated rings. The molecule has 5 rings (SSSR count). The van der Waals surface area contributed by atoms with Gasteiger partial charge in [-0.05, 0) is 44.2 Å². The molecule has 2 atom stereocenters. The molecule has 0 amide bonds. The van der Waals surface area contributed by atoms with Crippen LogP contribution in [0.1, 0.15) is 19.4 Å². The molecule has 3 aromatic rings. The number of anilines is 2. The monoisotopic (exact) mass is 448 g/mol. The van der Waals surface area contributed by atoms with Gasteiger partial charge < -0.3 is 19.3 Å². The van der Waals surface area contributed by atoms with Crippen LogP contribution in [-0.4, -0.2) is 66.6 Å². The topological polar surface area (TPSA) is 87.4 Å². The minimum atomic E-state index is -0.545. The molecular formula is C24H25FN6O2. The van der Waals surface area contributed by atoms with Gasteiger partial charge in [-0.2, -0.15) is 15.2 Å². The molecule has 1 aromatic carbocycles. The average Bonchev–Trinajstić information content (AvgIpc) is 2.84. The number of hydrogen-bond donors (Lipinski definition) is 0. The van der Waals surface area contributed by atoms with Crippen LogP contribution in [0.2, 0.25) is 0 Å². The summed E-state index contributed by atoms with van der Waals surface area (Å²) in [5.41, 5.74) is 1.84. The van der Waals surface area contributed by atoms with E-state index in [0.717, 1.165) is 17.7 Å². The highest BCUT2D eigenvalue weighted by molar-refractivity contribution is 5.90. The summed E-state index contributed by atoms with van der Waals surface area (Å²) in [5, 5.41) is 10.1. The molecule has 4 heterocycles. The van der Waals surface area contributed by atoms with Crippen molar-refractivity contribution in [1.29, 1.82) is 5.26 Å². The van der Waals surface area contributed by atoms with Gasteiger partial charge in [0.2, 0.25) is 5.95 Å².